The fourth-order valence-electron chi connectivity index (χ4n) is 1.99. The predicted molar refractivity (Wildman–Crippen MR) is 57.5 cm³/mol. The van der Waals surface area contributed by atoms with E-state index >= 15 is 0 Å². The van der Waals surface area contributed by atoms with Gasteiger partial charge < -0.3 is 14.2 Å². The van der Waals surface area contributed by atoms with Crippen LogP contribution in [0.5, 0.6) is 0 Å². The maximum Gasteiger partial charge on any atom is 0.289 e. The summed E-state index contributed by atoms with van der Waals surface area (Å²) in [6, 6.07) is 3.42. The number of carbonyl (C=O) groups excluding carboxylic acids is 1. The summed E-state index contributed by atoms with van der Waals surface area (Å²) in [6.45, 7) is 2.06. The second-order valence-electron chi connectivity index (χ2n) is 4.05. The van der Waals surface area contributed by atoms with Gasteiger partial charge in [0.15, 0.2) is 5.76 Å². The van der Waals surface area contributed by atoms with E-state index in [0.29, 0.717) is 18.3 Å². The Morgan fingerprint density at radius 1 is 1.56 bits per heavy atom. The van der Waals surface area contributed by atoms with Crippen molar-refractivity contribution in [1.82, 2.24) is 4.90 Å². The van der Waals surface area contributed by atoms with Crippen molar-refractivity contribution in [3.05, 3.63) is 24.2 Å². The van der Waals surface area contributed by atoms with Gasteiger partial charge in [-0.15, -0.1) is 0 Å². The fourth-order valence-corrected chi connectivity index (χ4v) is 1.99. The third-order valence-electron chi connectivity index (χ3n) is 2.97. The van der Waals surface area contributed by atoms with Crippen molar-refractivity contribution >= 4 is 5.91 Å². The molecule has 0 radical (unpaired) electrons. The van der Waals surface area contributed by atoms with E-state index < -0.39 is 0 Å². The monoisotopic (exact) mass is 224 g/mol. The molecule has 0 bridgehead atoms. The average molecular weight is 224 g/mol. The highest BCUT2D eigenvalue weighted by molar-refractivity contribution is 5.91. The summed E-state index contributed by atoms with van der Waals surface area (Å²) < 4.78 is 5.09. The minimum Gasteiger partial charge on any atom is -0.459 e. The van der Waals surface area contributed by atoms with Crippen LogP contribution in [0.1, 0.15) is 23.4 Å². The van der Waals surface area contributed by atoms with Crippen molar-refractivity contribution in [2.45, 2.75) is 12.8 Å². The Kier molecular flexibility index (Phi) is 3.58. The molecule has 0 aromatic carbocycles. The first-order valence-corrected chi connectivity index (χ1v) is 5.45. The molecule has 1 aromatic rings. The summed E-state index contributed by atoms with van der Waals surface area (Å²) in [5.74, 6) is 5.88. The third-order valence-corrected chi connectivity index (χ3v) is 2.97. The minimum absolute atomic E-state index is 0.0304. The summed E-state index contributed by atoms with van der Waals surface area (Å²) in [5.41, 5.74) is 0. The molecule has 16 heavy (non-hydrogen) atoms. The zero-order valence-corrected chi connectivity index (χ0v) is 9.09. The molecule has 0 spiro atoms. The molecule has 1 aliphatic heterocycles. The van der Waals surface area contributed by atoms with Crippen LogP contribution in [0.25, 0.3) is 0 Å². The van der Waals surface area contributed by atoms with Crippen molar-refractivity contribution in [3.8, 4) is 0 Å². The van der Waals surface area contributed by atoms with Crippen molar-refractivity contribution in [2.75, 3.05) is 19.7 Å². The molecule has 2 rings (SSSR count). The number of nitrogens with two attached hydrogens (primary N) is 1. The fraction of sp³-hybridized carbons (Fsp3) is 0.545. The topological polar surface area (TPSA) is 68.7 Å². The molecule has 1 saturated heterocycles. The first kappa shape index (κ1) is 11.2. The average Bonchev–Trinajstić information content (AvgIpc) is 2.83. The van der Waals surface area contributed by atoms with Crippen LogP contribution in [0.15, 0.2) is 22.8 Å². The first-order chi connectivity index (χ1) is 7.81. The Hall–Kier alpha value is -1.33. The summed E-state index contributed by atoms with van der Waals surface area (Å²) >= 11 is 0. The van der Waals surface area contributed by atoms with Gasteiger partial charge in [-0.1, -0.05) is 0 Å². The molecule has 1 aromatic heterocycles. The number of rotatable bonds is 3. The van der Waals surface area contributed by atoms with Gasteiger partial charge in [-0.25, -0.2) is 5.90 Å². The number of likely N-dealkylation sites (tertiary alicyclic amines) is 1. The van der Waals surface area contributed by atoms with Crippen molar-refractivity contribution in [3.63, 3.8) is 0 Å². The van der Waals surface area contributed by atoms with Gasteiger partial charge in [0, 0.05) is 13.1 Å². The van der Waals surface area contributed by atoms with Crippen LogP contribution in [-0.4, -0.2) is 30.5 Å². The summed E-state index contributed by atoms with van der Waals surface area (Å²) in [7, 11) is 0. The van der Waals surface area contributed by atoms with E-state index in [0.717, 1.165) is 25.9 Å². The lowest BCUT2D eigenvalue weighted by atomic mass is 9.98. The SMILES string of the molecule is NOCC1CCN(C(=O)c2ccco2)CC1. The van der Waals surface area contributed by atoms with E-state index in [4.69, 9.17) is 10.3 Å². The lowest BCUT2D eigenvalue weighted by molar-refractivity contribution is 0.0504. The van der Waals surface area contributed by atoms with E-state index in [1.165, 1.54) is 6.26 Å². The Labute approximate surface area is 94.1 Å². The molecule has 1 fully saturated rings. The number of carbonyl (C=O) groups is 1. The number of nitrogens with zero attached hydrogens (tertiary/aromatic N) is 1. The molecule has 0 saturated carbocycles. The minimum atomic E-state index is -0.0304. The van der Waals surface area contributed by atoms with E-state index in [-0.39, 0.29) is 5.91 Å². The van der Waals surface area contributed by atoms with E-state index in [9.17, 15) is 4.79 Å². The van der Waals surface area contributed by atoms with Crippen molar-refractivity contribution in [1.29, 1.82) is 0 Å². The van der Waals surface area contributed by atoms with E-state index in [1.807, 2.05) is 4.90 Å². The number of piperidine rings is 1. The summed E-state index contributed by atoms with van der Waals surface area (Å²) in [4.78, 5) is 18.3. The third kappa shape index (κ3) is 2.43. The molecule has 5 nitrogen and oxygen atoms in total. The second kappa shape index (κ2) is 5.14. The number of hydrogen-bond donors (Lipinski definition) is 1. The molecular weight excluding hydrogens is 208 g/mol. The molecule has 5 heteroatoms. The quantitative estimate of drug-likeness (QED) is 0.778. The molecule has 1 amide bonds. The van der Waals surface area contributed by atoms with Crippen LogP contribution in [0.2, 0.25) is 0 Å². The van der Waals surface area contributed by atoms with E-state index in [2.05, 4.69) is 4.84 Å². The maximum atomic E-state index is 11.9. The molecule has 0 atom stereocenters. The highest BCUT2D eigenvalue weighted by Crippen LogP contribution is 2.19. The second-order valence-corrected chi connectivity index (χ2v) is 4.05. The van der Waals surface area contributed by atoms with Gasteiger partial charge in [-0.05, 0) is 30.9 Å². The lowest BCUT2D eigenvalue weighted by Gasteiger charge is -2.30. The van der Waals surface area contributed by atoms with Gasteiger partial charge in [0.05, 0.1) is 12.9 Å². The van der Waals surface area contributed by atoms with Gasteiger partial charge in [-0.2, -0.15) is 0 Å². The van der Waals surface area contributed by atoms with Crippen molar-refractivity contribution in [2.24, 2.45) is 11.8 Å². The highest BCUT2D eigenvalue weighted by Gasteiger charge is 2.24. The Balaban J connectivity index is 1.87. The van der Waals surface area contributed by atoms with Crippen LogP contribution in [0.3, 0.4) is 0 Å². The van der Waals surface area contributed by atoms with Crippen LogP contribution in [-0.2, 0) is 4.84 Å². The van der Waals surface area contributed by atoms with E-state index in [1.54, 1.807) is 12.1 Å². The highest BCUT2D eigenvalue weighted by atomic mass is 16.6. The zero-order chi connectivity index (χ0) is 11.4. The Bertz CT molecular complexity index is 329. The van der Waals surface area contributed by atoms with Crippen LogP contribution >= 0.6 is 0 Å². The van der Waals surface area contributed by atoms with Crippen molar-refractivity contribution < 1.29 is 14.0 Å². The Morgan fingerprint density at radius 2 is 2.31 bits per heavy atom. The van der Waals surface area contributed by atoms with Crippen LogP contribution in [0, 0.1) is 5.92 Å². The van der Waals surface area contributed by atoms with Gasteiger partial charge in [0.1, 0.15) is 0 Å². The molecule has 1 aliphatic rings. The standard InChI is InChI=1S/C11H16N2O3/c12-16-8-9-3-5-13(6-4-9)11(14)10-2-1-7-15-10/h1-2,7,9H,3-6,8,12H2. The normalized spacial score (nSPS) is 17.7. The Morgan fingerprint density at radius 3 is 2.88 bits per heavy atom. The van der Waals surface area contributed by atoms with Crippen LogP contribution in [0.4, 0.5) is 0 Å². The van der Waals surface area contributed by atoms with Gasteiger partial charge >= 0.3 is 0 Å². The van der Waals surface area contributed by atoms with Gasteiger partial charge in [0.25, 0.3) is 5.91 Å². The predicted octanol–water partition coefficient (Wildman–Crippen LogP) is 1.02. The molecular formula is C11H16N2O3. The summed E-state index contributed by atoms with van der Waals surface area (Å²) in [5, 5.41) is 0. The first-order valence-electron chi connectivity index (χ1n) is 5.45. The molecule has 2 heterocycles. The zero-order valence-electron chi connectivity index (χ0n) is 9.09. The van der Waals surface area contributed by atoms with Gasteiger partial charge in [0.2, 0.25) is 0 Å². The lowest BCUT2D eigenvalue weighted by Crippen LogP contribution is -2.39. The molecule has 0 aliphatic carbocycles. The molecule has 0 unspecified atom stereocenters. The molecule has 88 valence electrons. The number of amides is 1. The van der Waals surface area contributed by atoms with Gasteiger partial charge in [-0.3, -0.25) is 4.79 Å². The molecule has 2 N–H and O–H groups in total. The largest absolute Gasteiger partial charge is 0.459 e. The summed E-state index contributed by atoms with van der Waals surface area (Å²) in [6.07, 6.45) is 3.38. The maximum absolute atomic E-state index is 11.9. The number of hydrogen-bond acceptors (Lipinski definition) is 4. The smallest absolute Gasteiger partial charge is 0.289 e. The van der Waals surface area contributed by atoms with Crippen LogP contribution < -0.4 is 5.90 Å². The number of furan rings is 1.